The number of hydrogen-bond donors (Lipinski definition) is 3. The topological polar surface area (TPSA) is 107 Å². The first-order chi connectivity index (χ1) is 6.11. The van der Waals surface area contributed by atoms with E-state index in [9.17, 15) is 9.59 Å². The van der Waals surface area contributed by atoms with E-state index in [1.165, 1.54) is 7.11 Å². The minimum atomic E-state index is -0.698. The van der Waals surface area contributed by atoms with Crippen LogP contribution in [0.25, 0.3) is 0 Å². The van der Waals surface area contributed by atoms with Gasteiger partial charge in [0.1, 0.15) is 6.04 Å². The monoisotopic (exact) mass is 189 g/mol. The van der Waals surface area contributed by atoms with Gasteiger partial charge in [-0.1, -0.05) is 0 Å². The maximum atomic E-state index is 10.8. The number of rotatable bonds is 5. The first kappa shape index (κ1) is 11.7. The van der Waals surface area contributed by atoms with Crippen LogP contribution in [-0.2, 0) is 9.53 Å². The smallest absolute Gasteiger partial charge is 0.407 e. The Hall–Kier alpha value is -1.30. The third-order valence-electron chi connectivity index (χ3n) is 1.52. The Morgan fingerprint density at radius 3 is 2.54 bits per heavy atom. The summed E-state index contributed by atoms with van der Waals surface area (Å²) in [6.07, 6.45) is 0.388. The normalized spacial score (nSPS) is 11.8. The molecular weight excluding hydrogens is 174 g/mol. The lowest BCUT2D eigenvalue weighted by Crippen LogP contribution is -2.44. The molecule has 76 valence electrons. The van der Waals surface area contributed by atoms with Crippen LogP contribution in [0.2, 0.25) is 0 Å². The summed E-state index contributed by atoms with van der Waals surface area (Å²) in [7, 11) is 1.22. The molecule has 0 bridgehead atoms. The molecule has 1 unspecified atom stereocenters. The van der Waals surface area contributed by atoms with Crippen molar-refractivity contribution in [3.8, 4) is 0 Å². The van der Waals surface area contributed by atoms with E-state index in [4.69, 9.17) is 11.5 Å². The molecule has 0 heterocycles. The number of hydrogen-bond acceptors (Lipinski definition) is 4. The van der Waals surface area contributed by atoms with Gasteiger partial charge in [-0.25, -0.2) is 4.79 Å². The lowest BCUT2D eigenvalue weighted by Gasteiger charge is -2.13. The number of ether oxygens (including phenoxy) is 1. The van der Waals surface area contributed by atoms with Gasteiger partial charge in [-0.15, -0.1) is 0 Å². The number of nitrogens with two attached hydrogens (primary N) is 2. The Labute approximate surface area is 76.6 Å². The number of carbonyl (C=O) groups is 2. The van der Waals surface area contributed by atoms with Gasteiger partial charge in [-0.05, 0) is 19.4 Å². The van der Waals surface area contributed by atoms with Gasteiger partial charge in [-0.2, -0.15) is 0 Å². The van der Waals surface area contributed by atoms with E-state index in [0.29, 0.717) is 19.4 Å². The predicted octanol–water partition coefficient (Wildman–Crippen LogP) is -1.06. The van der Waals surface area contributed by atoms with Crippen molar-refractivity contribution >= 4 is 12.0 Å². The molecule has 6 nitrogen and oxygen atoms in total. The fourth-order valence-electron chi connectivity index (χ4n) is 0.809. The summed E-state index contributed by atoms with van der Waals surface area (Å²) < 4.78 is 4.32. The summed E-state index contributed by atoms with van der Waals surface area (Å²) in [4.78, 5) is 21.5. The van der Waals surface area contributed by atoms with E-state index < -0.39 is 18.0 Å². The average molecular weight is 189 g/mol. The molecule has 0 aromatic carbocycles. The highest BCUT2D eigenvalue weighted by Crippen LogP contribution is 1.95. The number of carbonyl (C=O) groups excluding carboxylic acids is 2. The molecule has 0 saturated heterocycles. The third kappa shape index (κ3) is 5.02. The highest BCUT2D eigenvalue weighted by atomic mass is 16.5. The summed E-state index contributed by atoms with van der Waals surface area (Å²) in [5, 5.41) is 2.31. The third-order valence-corrected chi connectivity index (χ3v) is 1.52. The molecule has 0 fully saturated rings. The highest BCUT2D eigenvalue weighted by molar-refractivity contribution is 5.84. The first-order valence-corrected chi connectivity index (χ1v) is 3.95. The zero-order valence-corrected chi connectivity index (χ0v) is 7.58. The van der Waals surface area contributed by atoms with Crippen LogP contribution in [0.1, 0.15) is 12.8 Å². The van der Waals surface area contributed by atoms with E-state index >= 15 is 0 Å². The van der Waals surface area contributed by atoms with Crippen molar-refractivity contribution in [2.75, 3.05) is 13.7 Å². The van der Waals surface area contributed by atoms with E-state index in [0.717, 1.165) is 0 Å². The molecule has 2 amide bonds. The van der Waals surface area contributed by atoms with Gasteiger partial charge in [-0.3, -0.25) is 4.79 Å². The molecule has 6 heteroatoms. The van der Waals surface area contributed by atoms with E-state index in [2.05, 4.69) is 10.1 Å². The Balaban J connectivity index is 3.94. The summed E-state index contributed by atoms with van der Waals surface area (Å²) >= 11 is 0. The summed E-state index contributed by atoms with van der Waals surface area (Å²) in [5.41, 5.74) is 10.3. The molecule has 0 aliphatic rings. The maximum Gasteiger partial charge on any atom is 0.407 e. The summed E-state index contributed by atoms with van der Waals surface area (Å²) in [6, 6.07) is -0.698. The standard InChI is InChI=1S/C7H15N3O3/c1-13-7(12)10-5(6(9)11)3-2-4-8/h5H,2-4,8H2,1H3,(H2,9,11)(H,10,12). The molecule has 0 radical (unpaired) electrons. The van der Waals surface area contributed by atoms with Crippen LogP contribution in [0.4, 0.5) is 4.79 Å². The number of primary amides is 1. The van der Waals surface area contributed by atoms with Crippen LogP contribution in [0, 0.1) is 0 Å². The van der Waals surface area contributed by atoms with Crippen molar-refractivity contribution in [2.45, 2.75) is 18.9 Å². The fraction of sp³-hybridized carbons (Fsp3) is 0.714. The van der Waals surface area contributed by atoms with Gasteiger partial charge in [0.25, 0.3) is 0 Å². The Morgan fingerprint density at radius 2 is 2.15 bits per heavy atom. The second kappa shape index (κ2) is 6.24. The SMILES string of the molecule is COC(=O)NC(CCCN)C(N)=O. The number of methoxy groups -OCH3 is 1. The minimum Gasteiger partial charge on any atom is -0.453 e. The molecule has 0 rings (SSSR count). The second-order valence-electron chi connectivity index (χ2n) is 2.52. The Morgan fingerprint density at radius 1 is 1.54 bits per heavy atom. The lowest BCUT2D eigenvalue weighted by atomic mass is 10.1. The largest absolute Gasteiger partial charge is 0.453 e. The molecule has 0 aromatic heterocycles. The van der Waals surface area contributed by atoms with Gasteiger partial charge in [0.2, 0.25) is 5.91 Å². The van der Waals surface area contributed by atoms with Gasteiger partial charge >= 0.3 is 6.09 Å². The number of nitrogens with one attached hydrogen (secondary N) is 1. The van der Waals surface area contributed by atoms with Crippen molar-refractivity contribution in [1.29, 1.82) is 0 Å². The van der Waals surface area contributed by atoms with Crippen LogP contribution in [-0.4, -0.2) is 31.7 Å². The molecule has 13 heavy (non-hydrogen) atoms. The minimum absolute atomic E-state index is 0.431. The van der Waals surface area contributed by atoms with Gasteiger partial charge in [0.05, 0.1) is 7.11 Å². The van der Waals surface area contributed by atoms with Crippen LogP contribution in [0.3, 0.4) is 0 Å². The first-order valence-electron chi connectivity index (χ1n) is 3.95. The van der Waals surface area contributed by atoms with Crippen LogP contribution < -0.4 is 16.8 Å². The average Bonchev–Trinajstić information content (AvgIpc) is 2.11. The molecular formula is C7H15N3O3. The van der Waals surface area contributed by atoms with E-state index in [1.807, 2.05) is 0 Å². The molecule has 1 atom stereocenters. The van der Waals surface area contributed by atoms with Gasteiger partial charge in [0, 0.05) is 0 Å². The maximum absolute atomic E-state index is 10.8. The summed E-state index contributed by atoms with van der Waals surface area (Å²) in [6.45, 7) is 0.451. The van der Waals surface area contributed by atoms with Crippen LogP contribution in [0.5, 0.6) is 0 Å². The number of alkyl carbamates (subject to hydrolysis) is 1. The second-order valence-corrected chi connectivity index (χ2v) is 2.52. The van der Waals surface area contributed by atoms with Gasteiger partial charge < -0.3 is 21.5 Å². The zero-order valence-electron chi connectivity index (χ0n) is 7.58. The molecule has 5 N–H and O–H groups in total. The molecule has 0 aliphatic carbocycles. The van der Waals surface area contributed by atoms with Crippen LogP contribution in [0.15, 0.2) is 0 Å². The van der Waals surface area contributed by atoms with Gasteiger partial charge in [0.15, 0.2) is 0 Å². The zero-order chi connectivity index (χ0) is 10.3. The van der Waals surface area contributed by atoms with Crippen molar-refractivity contribution in [3.63, 3.8) is 0 Å². The lowest BCUT2D eigenvalue weighted by molar-refractivity contribution is -0.120. The van der Waals surface area contributed by atoms with Crippen molar-refractivity contribution in [2.24, 2.45) is 11.5 Å². The van der Waals surface area contributed by atoms with E-state index in [-0.39, 0.29) is 0 Å². The number of amides is 2. The van der Waals surface area contributed by atoms with Crippen molar-refractivity contribution in [3.05, 3.63) is 0 Å². The highest BCUT2D eigenvalue weighted by Gasteiger charge is 2.16. The molecule has 0 aromatic rings. The molecule has 0 saturated carbocycles. The quantitative estimate of drug-likeness (QED) is 0.512. The summed E-state index contributed by atoms with van der Waals surface area (Å²) in [5.74, 6) is -0.584. The Kier molecular flexibility index (Phi) is 5.62. The van der Waals surface area contributed by atoms with Crippen molar-refractivity contribution in [1.82, 2.24) is 5.32 Å². The fourth-order valence-corrected chi connectivity index (χ4v) is 0.809. The predicted molar refractivity (Wildman–Crippen MR) is 46.8 cm³/mol. The molecule has 0 aliphatic heterocycles. The van der Waals surface area contributed by atoms with Crippen LogP contribution >= 0.6 is 0 Å². The van der Waals surface area contributed by atoms with E-state index in [1.54, 1.807) is 0 Å². The Bertz CT molecular complexity index is 184. The van der Waals surface area contributed by atoms with Crippen molar-refractivity contribution < 1.29 is 14.3 Å². The molecule has 0 spiro atoms.